The minimum Gasteiger partial charge on any atom is -0.371 e. The number of hydrogen-bond donors (Lipinski definition) is 1. The van der Waals surface area contributed by atoms with Crippen molar-refractivity contribution in [3.05, 3.63) is 35.4 Å². The Balaban J connectivity index is 2.11. The van der Waals surface area contributed by atoms with Crippen LogP contribution in [0.4, 0.5) is 22.0 Å². The third kappa shape index (κ3) is 7.74. The summed E-state index contributed by atoms with van der Waals surface area (Å²) >= 11 is 0. The molecule has 2 nitrogen and oxygen atoms in total. The lowest BCUT2D eigenvalue weighted by atomic mass is 10.1. The van der Waals surface area contributed by atoms with Crippen molar-refractivity contribution in [3.8, 4) is 0 Å². The van der Waals surface area contributed by atoms with E-state index in [0.717, 1.165) is 6.07 Å². The number of rotatable bonds is 7. The maximum Gasteiger partial charge on any atom is 0.411 e. The zero-order valence-corrected chi connectivity index (χ0v) is 10.1. The fraction of sp³-hybridized carbons (Fsp3) is 0.500. The standard InChI is InChI=1S/C12H14F5NO/c13-10-5-9(6-11(14)7-10)1-2-18-3-4-19-8-12(15,16)17/h5-7,18H,1-4,8H2. The summed E-state index contributed by atoms with van der Waals surface area (Å²) in [5, 5.41) is 2.82. The minimum absolute atomic E-state index is 0.0724. The Labute approximate surface area is 107 Å². The maximum absolute atomic E-state index is 12.8. The molecule has 0 aliphatic carbocycles. The molecule has 0 unspecified atom stereocenters. The van der Waals surface area contributed by atoms with E-state index in [0.29, 0.717) is 18.5 Å². The zero-order valence-electron chi connectivity index (χ0n) is 10.1. The number of hydrogen-bond acceptors (Lipinski definition) is 2. The molecular formula is C12H14F5NO. The summed E-state index contributed by atoms with van der Waals surface area (Å²) in [4.78, 5) is 0. The van der Waals surface area contributed by atoms with Gasteiger partial charge in [0.2, 0.25) is 0 Å². The first-order valence-electron chi connectivity index (χ1n) is 5.67. The average Bonchev–Trinajstić information content (AvgIpc) is 2.25. The Morgan fingerprint density at radius 1 is 1.00 bits per heavy atom. The molecule has 0 saturated heterocycles. The van der Waals surface area contributed by atoms with Crippen LogP contribution in [0.3, 0.4) is 0 Å². The molecule has 0 fully saturated rings. The summed E-state index contributed by atoms with van der Waals surface area (Å²) in [6, 6.07) is 3.21. The lowest BCUT2D eigenvalue weighted by Crippen LogP contribution is -2.25. The first kappa shape index (κ1) is 15.8. The van der Waals surface area contributed by atoms with Gasteiger partial charge in [0, 0.05) is 12.6 Å². The molecule has 0 heterocycles. The molecule has 1 N–H and O–H groups in total. The van der Waals surface area contributed by atoms with E-state index in [-0.39, 0.29) is 13.2 Å². The van der Waals surface area contributed by atoms with Gasteiger partial charge < -0.3 is 10.1 Å². The van der Waals surface area contributed by atoms with Crippen molar-refractivity contribution >= 4 is 0 Å². The molecule has 0 spiro atoms. The monoisotopic (exact) mass is 283 g/mol. The normalized spacial score (nSPS) is 11.8. The van der Waals surface area contributed by atoms with Crippen LogP contribution >= 0.6 is 0 Å². The van der Waals surface area contributed by atoms with Gasteiger partial charge in [0.1, 0.15) is 18.2 Å². The van der Waals surface area contributed by atoms with E-state index in [1.54, 1.807) is 0 Å². The fourth-order valence-corrected chi connectivity index (χ4v) is 1.45. The van der Waals surface area contributed by atoms with Crippen LogP contribution in [0.15, 0.2) is 18.2 Å². The van der Waals surface area contributed by atoms with Crippen molar-refractivity contribution < 1.29 is 26.7 Å². The zero-order chi connectivity index (χ0) is 14.3. The summed E-state index contributed by atoms with van der Waals surface area (Å²) in [6.07, 6.45) is -3.94. The van der Waals surface area contributed by atoms with E-state index < -0.39 is 24.4 Å². The van der Waals surface area contributed by atoms with E-state index in [1.165, 1.54) is 12.1 Å². The van der Waals surface area contributed by atoms with Gasteiger partial charge in [-0.2, -0.15) is 13.2 Å². The van der Waals surface area contributed by atoms with Crippen LogP contribution in [0.5, 0.6) is 0 Å². The highest BCUT2D eigenvalue weighted by molar-refractivity contribution is 5.18. The molecule has 0 aliphatic rings. The number of halogens is 5. The third-order valence-electron chi connectivity index (χ3n) is 2.20. The van der Waals surface area contributed by atoms with E-state index in [2.05, 4.69) is 10.1 Å². The average molecular weight is 283 g/mol. The molecule has 0 aliphatic heterocycles. The van der Waals surface area contributed by atoms with E-state index in [1.807, 2.05) is 0 Å². The molecule has 1 rings (SSSR count). The first-order valence-corrected chi connectivity index (χ1v) is 5.67. The summed E-state index contributed by atoms with van der Waals surface area (Å²) in [5.41, 5.74) is 0.487. The van der Waals surface area contributed by atoms with E-state index in [9.17, 15) is 22.0 Å². The number of benzene rings is 1. The third-order valence-corrected chi connectivity index (χ3v) is 2.20. The summed E-state index contributed by atoms with van der Waals surface area (Å²) in [7, 11) is 0. The highest BCUT2D eigenvalue weighted by Crippen LogP contribution is 2.14. The quantitative estimate of drug-likeness (QED) is 0.613. The molecule has 108 valence electrons. The van der Waals surface area contributed by atoms with E-state index in [4.69, 9.17) is 0 Å². The van der Waals surface area contributed by atoms with Crippen molar-refractivity contribution in [1.82, 2.24) is 5.32 Å². The van der Waals surface area contributed by atoms with Crippen molar-refractivity contribution in [3.63, 3.8) is 0 Å². The predicted octanol–water partition coefficient (Wildman–Crippen LogP) is 2.68. The molecule has 0 saturated carbocycles. The molecular weight excluding hydrogens is 269 g/mol. The van der Waals surface area contributed by atoms with E-state index >= 15 is 0 Å². The van der Waals surface area contributed by atoms with Crippen LogP contribution in [-0.2, 0) is 11.2 Å². The van der Waals surface area contributed by atoms with Crippen LogP contribution in [0, 0.1) is 11.6 Å². The Kier molecular flexibility index (Phi) is 6.17. The molecule has 1 aromatic rings. The Morgan fingerprint density at radius 3 is 2.21 bits per heavy atom. The van der Waals surface area contributed by atoms with Gasteiger partial charge in [-0.15, -0.1) is 0 Å². The molecule has 0 amide bonds. The number of alkyl halides is 3. The Morgan fingerprint density at radius 2 is 1.63 bits per heavy atom. The van der Waals surface area contributed by atoms with Gasteiger partial charge in [-0.3, -0.25) is 0 Å². The SMILES string of the molecule is Fc1cc(F)cc(CCNCCOCC(F)(F)F)c1. The lowest BCUT2D eigenvalue weighted by molar-refractivity contribution is -0.173. The van der Waals surface area contributed by atoms with Gasteiger partial charge in [0.05, 0.1) is 6.61 Å². The van der Waals surface area contributed by atoms with Gasteiger partial charge in [-0.05, 0) is 30.7 Å². The molecule has 7 heteroatoms. The smallest absolute Gasteiger partial charge is 0.371 e. The maximum atomic E-state index is 12.8. The van der Waals surface area contributed by atoms with Gasteiger partial charge in [-0.1, -0.05) is 0 Å². The summed E-state index contributed by atoms with van der Waals surface area (Å²) in [6.45, 7) is -0.701. The molecule has 0 aromatic heterocycles. The highest BCUT2D eigenvalue weighted by Gasteiger charge is 2.27. The van der Waals surface area contributed by atoms with Crippen LogP contribution in [0.25, 0.3) is 0 Å². The van der Waals surface area contributed by atoms with Crippen molar-refractivity contribution in [2.24, 2.45) is 0 Å². The lowest BCUT2D eigenvalue weighted by Gasteiger charge is -2.08. The molecule has 0 bridgehead atoms. The van der Waals surface area contributed by atoms with Crippen LogP contribution in [0.1, 0.15) is 5.56 Å². The summed E-state index contributed by atoms with van der Waals surface area (Å²) in [5.74, 6) is -1.30. The van der Waals surface area contributed by atoms with Gasteiger partial charge in [0.15, 0.2) is 0 Å². The molecule has 19 heavy (non-hydrogen) atoms. The van der Waals surface area contributed by atoms with Crippen LogP contribution in [0.2, 0.25) is 0 Å². The van der Waals surface area contributed by atoms with Crippen LogP contribution < -0.4 is 5.32 Å². The second-order valence-corrected chi connectivity index (χ2v) is 3.95. The van der Waals surface area contributed by atoms with Crippen molar-refractivity contribution in [2.75, 3.05) is 26.3 Å². The predicted molar refractivity (Wildman–Crippen MR) is 59.8 cm³/mol. The van der Waals surface area contributed by atoms with Gasteiger partial charge in [-0.25, -0.2) is 8.78 Å². The Hall–Kier alpha value is -1.21. The largest absolute Gasteiger partial charge is 0.411 e. The first-order chi connectivity index (χ1) is 8.87. The van der Waals surface area contributed by atoms with Crippen LogP contribution in [-0.4, -0.2) is 32.5 Å². The topological polar surface area (TPSA) is 21.3 Å². The van der Waals surface area contributed by atoms with Crippen molar-refractivity contribution in [2.45, 2.75) is 12.6 Å². The number of ether oxygens (including phenoxy) is 1. The second kappa shape index (κ2) is 7.40. The second-order valence-electron chi connectivity index (χ2n) is 3.95. The highest BCUT2D eigenvalue weighted by atomic mass is 19.4. The van der Waals surface area contributed by atoms with Gasteiger partial charge >= 0.3 is 6.18 Å². The molecule has 1 aromatic carbocycles. The Bertz CT molecular complexity index is 374. The summed E-state index contributed by atoms with van der Waals surface area (Å²) < 4.78 is 65.2. The van der Waals surface area contributed by atoms with Crippen molar-refractivity contribution in [1.29, 1.82) is 0 Å². The number of nitrogens with one attached hydrogen (secondary N) is 1. The minimum atomic E-state index is -4.32. The molecule has 0 radical (unpaired) electrons. The molecule has 0 atom stereocenters. The fourth-order valence-electron chi connectivity index (χ4n) is 1.45. The van der Waals surface area contributed by atoms with Gasteiger partial charge in [0.25, 0.3) is 0 Å².